The second-order valence-corrected chi connectivity index (χ2v) is 31.9. The molecular weight excluding hydrogens is 985 g/mol. The summed E-state index contributed by atoms with van der Waals surface area (Å²) in [7, 11) is 0. The van der Waals surface area contributed by atoms with Gasteiger partial charge in [0.2, 0.25) is 0 Å². The Labute approximate surface area is 487 Å². The summed E-state index contributed by atoms with van der Waals surface area (Å²) < 4.78 is 0. The zero-order valence-corrected chi connectivity index (χ0v) is 53.8. The first-order valence-corrected chi connectivity index (χ1v) is 29.6. The van der Waals surface area contributed by atoms with Gasteiger partial charge < -0.3 is 15.1 Å². The predicted octanol–water partition coefficient (Wildman–Crippen LogP) is 21.4. The summed E-state index contributed by atoms with van der Waals surface area (Å²) in [6.07, 6.45) is 8.73. The van der Waals surface area contributed by atoms with Crippen molar-refractivity contribution in [2.75, 3.05) is 0 Å². The van der Waals surface area contributed by atoms with Crippen LogP contribution in [-0.4, -0.2) is 25.0 Å². The number of benzene rings is 4. The fourth-order valence-corrected chi connectivity index (χ4v) is 11.0. The molecule has 5 nitrogen and oxygen atoms in total. The zero-order valence-electron chi connectivity index (χ0n) is 53.8. The number of aromatic amines is 2. The molecule has 0 fully saturated rings. The molecule has 0 unspecified atom stereocenters. The molecule has 0 aliphatic carbocycles. The Morgan fingerprint density at radius 1 is 0.272 bits per heavy atom. The first kappa shape index (κ1) is 58.9. The number of hydrogen-bond acceptors (Lipinski definition) is 3. The summed E-state index contributed by atoms with van der Waals surface area (Å²) in [5.41, 5.74) is 23.3. The zero-order chi connectivity index (χ0) is 59.7. The third-order valence-electron chi connectivity index (χ3n) is 16.7. The first-order valence-electron chi connectivity index (χ1n) is 29.6. The van der Waals surface area contributed by atoms with Crippen molar-refractivity contribution in [2.24, 2.45) is 0 Å². The Kier molecular flexibility index (Phi) is 14.4. The van der Waals surface area contributed by atoms with E-state index in [-0.39, 0.29) is 49.1 Å². The second kappa shape index (κ2) is 19.7. The molecule has 8 bridgehead atoms. The van der Waals surface area contributed by atoms with Gasteiger partial charge in [-0.05, 0) is 147 Å². The van der Waals surface area contributed by atoms with E-state index in [1.54, 1.807) is 0 Å². The maximum absolute atomic E-state index is 12.9. The molecule has 4 aromatic carbocycles. The number of H-pyrrole nitrogens is 2. The van der Waals surface area contributed by atoms with Gasteiger partial charge in [0.1, 0.15) is 5.75 Å². The largest absolute Gasteiger partial charge is 0.506 e. The summed E-state index contributed by atoms with van der Waals surface area (Å²) in [6, 6.07) is 34.8. The molecular formula is C76H94N4O. The third kappa shape index (κ3) is 12.0. The van der Waals surface area contributed by atoms with Gasteiger partial charge >= 0.3 is 0 Å². The maximum Gasteiger partial charge on any atom is 0.141 e. The minimum absolute atomic E-state index is 0.124. The molecule has 5 heterocycles. The van der Waals surface area contributed by atoms with Crippen LogP contribution in [-0.2, 0) is 43.3 Å². The SMILES string of the molecule is CC(C)(C)c1cc(-c2c3nc(c(-c4cc(C(C)(C)C)cc(C(C)(C)C)c4)c4cc(O)c([nH]4)c(-c4cc(C(C)(C)C)cc(C(C)(C)C)c4)c4nc(c(-c5cc(C(C)(C)C)cc(C(C)(C)C)c5)c5ccc2[nH]5)C=C4)C=C3)cc(C(C)(C)C)c1. The van der Waals surface area contributed by atoms with Crippen molar-refractivity contribution < 1.29 is 5.11 Å². The lowest BCUT2D eigenvalue weighted by Gasteiger charge is -2.26. The molecule has 0 spiro atoms. The molecule has 2 aliphatic heterocycles. The van der Waals surface area contributed by atoms with E-state index in [1.165, 1.54) is 44.5 Å². The minimum Gasteiger partial charge on any atom is -0.506 e. The molecule has 3 aromatic heterocycles. The number of nitrogens with zero attached hydrogens (tertiary/aromatic N) is 2. The van der Waals surface area contributed by atoms with Crippen molar-refractivity contribution in [3.8, 4) is 50.3 Å². The van der Waals surface area contributed by atoms with Crippen LogP contribution in [0, 0.1) is 0 Å². The van der Waals surface area contributed by atoms with E-state index in [2.05, 4.69) is 285 Å². The molecule has 3 N–H and O–H groups in total. The topological polar surface area (TPSA) is 77.6 Å². The van der Waals surface area contributed by atoms with E-state index in [9.17, 15) is 5.11 Å². The van der Waals surface area contributed by atoms with Gasteiger partial charge in [-0.15, -0.1) is 0 Å². The average Bonchev–Trinajstić information content (AvgIpc) is 4.21. The lowest BCUT2D eigenvalue weighted by atomic mass is 9.78. The van der Waals surface area contributed by atoms with Crippen molar-refractivity contribution in [1.82, 2.24) is 19.9 Å². The van der Waals surface area contributed by atoms with Crippen LogP contribution < -0.4 is 0 Å². The van der Waals surface area contributed by atoms with Gasteiger partial charge in [0, 0.05) is 39.4 Å². The van der Waals surface area contributed by atoms with Crippen molar-refractivity contribution in [2.45, 2.75) is 209 Å². The Balaban J connectivity index is 1.58. The van der Waals surface area contributed by atoms with Crippen LogP contribution in [0.25, 0.3) is 90.9 Å². The van der Waals surface area contributed by atoms with Crippen molar-refractivity contribution in [3.63, 3.8) is 0 Å². The summed E-state index contributed by atoms with van der Waals surface area (Å²) in [6.45, 7) is 55.1. The predicted molar refractivity (Wildman–Crippen MR) is 352 cm³/mol. The van der Waals surface area contributed by atoms with Crippen molar-refractivity contribution >= 4 is 46.4 Å². The van der Waals surface area contributed by atoms with Crippen LogP contribution in [0.5, 0.6) is 5.75 Å². The lowest BCUT2D eigenvalue weighted by Crippen LogP contribution is -2.16. The van der Waals surface area contributed by atoms with Gasteiger partial charge in [0.15, 0.2) is 0 Å². The Morgan fingerprint density at radius 2 is 0.494 bits per heavy atom. The Bertz CT molecular complexity index is 3750. The van der Waals surface area contributed by atoms with Gasteiger partial charge in [0.25, 0.3) is 0 Å². The molecule has 0 saturated heterocycles. The molecule has 0 atom stereocenters. The normalized spacial score (nSPS) is 13.9. The smallest absolute Gasteiger partial charge is 0.141 e. The van der Waals surface area contributed by atoms with Crippen LogP contribution in [0.2, 0.25) is 0 Å². The second-order valence-electron chi connectivity index (χ2n) is 31.9. The molecule has 0 saturated carbocycles. The lowest BCUT2D eigenvalue weighted by molar-refractivity contribution is 0.482. The summed E-state index contributed by atoms with van der Waals surface area (Å²) in [4.78, 5) is 19.7. The molecule has 9 rings (SSSR count). The Hall–Kier alpha value is -6.72. The van der Waals surface area contributed by atoms with Crippen LogP contribution in [0.15, 0.2) is 91.0 Å². The van der Waals surface area contributed by atoms with E-state index in [1.807, 2.05) is 6.07 Å². The number of hydrogen-bond donors (Lipinski definition) is 3. The van der Waals surface area contributed by atoms with Gasteiger partial charge in [-0.3, -0.25) is 0 Å². The fourth-order valence-electron chi connectivity index (χ4n) is 11.0. The molecule has 424 valence electrons. The van der Waals surface area contributed by atoms with E-state index in [4.69, 9.17) is 9.97 Å². The standard InChI is InChI=1S/C76H94N4O/c1-69(2,3)48-31-44(32-49(39-48)70(4,5)6)64-56-25-26-57(77-56)65(45-33-50(71(7,8)9)40-51(34-45)72(10,11)12)59-29-30-61(79-59)67(47-37-54(75(19,20)21)42-55(38-47)76(22,23)24)68-63(81)43-62(80-68)66(60-28-27-58(64)78-60)46-35-52(73(13,14)15)41-53(36-46)74(16,17)18/h25-43,77,80-81H,1-24H3. The molecule has 81 heavy (non-hydrogen) atoms. The highest BCUT2D eigenvalue weighted by Crippen LogP contribution is 2.46. The third-order valence-corrected chi connectivity index (χ3v) is 16.7. The molecule has 2 aliphatic rings. The number of rotatable bonds is 4. The summed E-state index contributed by atoms with van der Waals surface area (Å²) in [5.74, 6) is 0.145. The van der Waals surface area contributed by atoms with Gasteiger partial charge in [-0.25, -0.2) is 9.97 Å². The van der Waals surface area contributed by atoms with Crippen LogP contribution in [0.1, 0.15) is 233 Å². The number of aromatic hydroxyl groups is 1. The monoisotopic (exact) mass is 1080 g/mol. The number of nitrogens with one attached hydrogen (secondary N) is 2. The summed E-state index contributed by atoms with van der Waals surface area (Å²) in [5, 5.41) is 12.9. The first-order chi connectivity index (χ1) is 37.1. The molecule has 7 aromatic rings. The highest BCUT2D eigenvalue weighted by molar-refractivity contribution is 6.01. The van der Waals surface area contributed by atoms with Crippen LogP contribution in [0.3, 0.4) is 0 Å². The van der Waals surface area contributed by atoms with E-state index >= 15 is 0 Å². The summed E-state index contributed by atoms with van der Waals surface area (Å²) >= 11 is 0. The van der Waals surface area contributed by atoms with Crippen molar-refractivity contribution in [1.29, 1.82) is 0 Å². The maximum atomic E-state index is 12.9. The van der Waals surface area contributed by atoms with E-state index in [0.717, 1.165) is 83.8 Å². The van der Waals surface area contributed by atoms with Gasteiger partial charge in [-0.1, -0.05) is 239 Å². The number of fused-ring (bicyclic) bond motifs is 8. The highest BCUT2D eigenvalue weighted by Gasteiger charge is 2.30. The van der Waals surface area contributed by atoms with Crippen LogP contribution >= 0.6 is 0 Å². The van der Waals surface area contributed by atoms with Crippen LogP contribution in [0.4, 0.5) is 0 Å². The van der Waals surface area contributed by atoms with Crippen molar-refractivity contribution in [3.05, 3.63) is 158 Å². The fraction of sp³-hybridized carbons (Fsp3) is 0.421. The Morgan fingerprint density at radius 3 is 0.741 bits per heavy atom. The molecule has 0 radical (unpaired) electrons. The molecule has 0 amide bonds. The quantitative estimate of drug-likeness (QED) is 0.164. The molecule has 5 heteroatoms. The minimum atomic E-state index is -0.166. The average molecular weight is 1080 g/mol. The highest BCUT2D eigenvalue weighted by atomic mass is 16.3. The van der Waals surface area contributed by atoms with E-state index in [0.29, 0.717) is 5.52 Å². The van der Waals surface area contributed by atoms with Gasteiger partial charge in [0.05, 0.1) is 33.8 Å². The van der Waals surface area contributed by atoms with Gasteiger partial charge in [-0.2, -0.15) is 0 Å². The number of aromatic nitrogens is 4. The van der Waals surface area contributed by atoms with E-state index < -0.39 is 0 Å².